The van der Waals surface area contributed by atoms with Crippen molar-refractivity contribution in [3.63, 3.8) is 0 Å². The maximum Gasteiger partial charge on any atom is 0.315 e. The monoisotopic (exact) mass is 331 g/mol. The molecule has 3 rings (SSSR count). The topological polar surface area (TPSA) is 70.2 Å². The number of carbonyl (C=O) groups is 1. The molecule has 0 aromatic carbocycles. The molecule has 122 valence electrons. The third kappa shape index (κ3) is 4.41. The van der Waals surface area contributed by atoms with Crippen LogP contribution in [0.1, 0.15) is 22.6 Å². The highest BCUT2D eigenvalue weighted by Gasteiger charge is 2.22. The lowest BCUT2D eigenvalue weighted by atomic mass is 10.1. The van der Waals surface area contributed by atoms with Gasteiger partial charge in [0.15, 0.2) is 0 Å². The highest BCUT2D eigenvalue weighted by molar-refractivity contribution is 7.11. The molecule has 1 saturated heterocycles. The fourth-order valence-electron chi connectivity index (χ4n) is 2.72. The van der Waals surface area contributed by atoms with E-state index in [4.69, 9.17) is 0 Å². The van der Waals surface area contributed by atoms with Crippen molar-refractivity contribution >= 4 is 23.3 Å². The molecule has 2 aromatic heterocycles. The van der Waals surface area contributed by atoms with Gasteiger partial charge in [-0.15, -0.1) is 11.3 Å². The second-order valence-electron chi connectivity index (χ2n) is 5.67. The van der Waals surface area contributed by atoms with Gasteiger partial charge in [0.2, 0.25) is 5.95 Å². The van der Waals surface area contributed by atoms with E-state index in [9.17, 15) is 4.79 Å². The van der Waals surface area contributed by atoms with Crippen LogP contribution in [0.5, 0.6) is 0 Å². The number of hydrogen-bond acceptors (Lipinski definition) is 5. The molecule has 7 heteroatoms. The van der Waals surface area contributed by atoms with E-state index in [1.807, 2.05) is 6.07 Å². The van der Waals surface area contributed by atoms with Gasteiger partial charge >= 0.3 is 6.03 Å². The van der Waals surface area contributed by atoms with Crippen molar-refractivity contribution in [3.05, 3.63) is 40.3 Å². The molecule has 1 aliphatic rings. The van der Waals surface area contributed by atoms with E-state index in [1.54, 1.807) is 23.7 Å². The van der Waals surface area contributed by atoms with Crippen LogP contribution in [0.3, 0.4) is 0 Å². The number of rotatable bonds is 4. The average molecular weight is 331 g/mol. The molecule has 0 aliphatic carbocycles. The minimum atomic E-state index is -0.114. The van der Waals surface area contributed by atoms with E-state index in [-0.39, 0.29) is 12.1 Å². The number of hydrogen-bond donors (Lipinski definition) is 2. The van der Waals surface area contributed by atoms with Crippen molar-refractivity contribution in [3.8, 4) is 0 Å². The maximum absolute atomic E-state index is 12.1. The minimum absolute atomic E-state index is 0.114. The van der Waals surface area contributed by atoms with Gasteiger partial charge in [0.05, 0.1) is 6.54 Å². The Morgan fingerprint density at radius 1 is 1.39 bits per heavy atom. The maximum atomic E-state index is 12.1. The number of aromatic nitrogens is 2. The van der Waals surface area contributed by atoms with Crippen LogP contribution in [0.2, 0.25) is 0 Å². The molecule has 0 unspecified atom stereocenters. The Morgan fingerprint density at radius 2 is 2.22 bits per heavy atom. The smallest absolute Gasteiger partial charge is 0.315 e. The van der Waals surface area contributed by atoms with Crippen LogP contribution in [0.15, 0.2) is 30.6 Å². The number of nitrogens with zero attached hydrogens (tertiary/aromatic N) is 3. The molecule has 2 aromatic rings. The highest BCUT2D eigenvalue weighted by atomic mass is 32.1. The van der Waals surface area contributed by atoms with Crippen LogP contribution in [0.4, 0.5) is 10.7 Å². The second kappa shape index (κ2) is 7.41. The molecule has 1 fully saturated rings. The Balaban J connectivity index is 1.48. The van der Waals surface area contributed by atoms with Gasteiger partial charge in [-0.2, -0.15) is 0 Å². The molecule has 1 aliphatic heterocycles. The Morgan fingerprint density at radius 3 is 2.96 bits per heavy atom. The summed E-state index contributed by atoms with van der Waals surface area (Å²) >= 11 is 1.71. The molecule has 0 spiro atoms. The van der Waals surface area contributed by atoms with Crippen molar-refractivity contribution in [1.82, 2.24) is 20.6 Å². The molecule has 1 atom stereocenters. The van der Waals surface area contributed by atoms with Crippen LogP contribution in [-0.2, 0) is 6.54 Å². The molecule has 2 amide bonds. The molecule has 6 nitrogen and oxygen atoms in total. The molecule has 2 N–H and O–H groups in total. The SMILES string of the molecule is Cc1ccc(CNC(=O)N[C@H]2CCCN(c3ncccn3)C2)s1. The first kappa shape index (κ1) is 15.7. The van der Waals surface area contributed by atoms with Crippen LogP contribution in [0.25, 0.3) is 0 Å². The summed E-state index contributed by atoms with van der Waals surface area (Å²) in [6, 6.07) is 5.94. The van der Waals surface area contributed by atoms with Gasteiger partial charge in [0.1, 0.15) is 0 Å². The fourth-order valence-corrected chi connectivity index (χ4v) is 3.55. The van der Waals surface area contributed by atoms with Crippen LogP contribution >= 0.6 is 11.3 Å². The third-order valence-corrected chi connectivity index (χ3v) is 4.81. The van der Waals surface area contributed by atoms with Gasteiger partial charge < -0.3 is 15.5 Å². The summed E-state index contributed by atoms with van der Waals surface area (Å²) < 4.78 is 0. The normalized spacial score (nSPS) is 17.8. The first-order chi connectivity index (χ1) is 11.2. The zero-order valence-electron chi connectivity index (χ0n) is 13.2. The molecule has 0 radical (unpaired) electrons. The predicted octanol–water partition coefficient (Wildman–Crippen LogP) is 2.31. The minimum Gasteiger partial charge on any atom is -0.339 e. The predicted molar refractivity (Wildman–Crippen MR) is 91.7 cm³/mol. The van der Waals surface area contributed by atoms with Crippen molar-refractivity contribution < 1.29 is 4.79 Å². The summed E-state index contributed by atoms with van der Waals surface area (Å²) in [6.07, 6.45) is 5.49. The lowest BCUT2D eigenvalue weighted by molar-refractivity contribution is 0.234. The number of carbonyl (C=O) groups excluding carboxylic acids is 1. The molecule has 3 heterocycles. The molecular formula is C16H21N5OS. The summed E-state index contributed by atoms with van der Waals surface area (Å²) in [4.78, 5) is 25.2. The Kier molecular flexibility index (Phi) is 5.07. The van der Waals surface area contributed by atoms with Crippen LogP contribution in [0, 0.1) is 6.92 Å². The number of thiophene rings is 1. The lowest BCUT2D eigenvalue weighted by Crippen LogP contribution is -2.50. The zero-order valence-corrected chi connectivity index (χ0v) is 14.0. The van der Waals surface area contributed by atoms with E-state index in [0.717, 1.165) is 31.9 Å². The quantitative estimate of drug-likeness (QED) is 0.902. The molecule has 0 bridgehead atoms. The van der Waals surface area contributed by atoms with E-state index in [2.05, 4.69) is 44.6 Å². The van der Waals surface area contributed by atoms with Crippen molar-refractivity contribution in [2.45, 2.75) is 32.4 Å². The van der Waals surface area contributed by atoms with Crippen molar-refractivity contribution in [2.24, 2.45) is 0 Å². The number of nitrogens with one attached hydrogen (secondary N) is 2. The van der Waals surface area contributed by atoms with Crippen LogP contribution < -0.4 is 15.5 Å². The van der Waals surface area contributed by atoms with Gasteiger partial charge in [-0.05, 0) is 38.0 Å². The number of piperidine rings is 1. The Bertz CT molecular complexity index is 645. The number of anilines is 1. The summed E-state index contributed by atoms with van der Waals surface area (Å²) in [6.45, 7) is 4.31. The van der Waals surface area contributed by atoms with Gasteiger partial charge in [0, 0.05) is 41.3 Å². The van der Waals surface area contributed by atoms with Gasteiger partial charge in [-0.25, -0.2) is 14.8 Å². The van der Waals surface area contributed by atoms with E-state index in [1.165, 1.54) is 9.75 Å². The summed E-state index contributed by atoms with van der Waals surface area (Å²) in [5.41, 5.74) is 0. The van der Waals surface area contributed by atoms with Gasteiger partial charge in [0.25, 0.3) is 0 Å². The summed E-state index contributed by atoms with van der Waals surface area (Å²) in [5.74, 6) is 0.730. The second-order valence-corrected chi connectivity index (χ2v) is 7.05. The average Bonchev–Trinajstić information content (AvgIpc) is 3.00. The third-order valence-electron chi connectivity index (χ3n) is 3.81. The van der Waals surface area contributed by atoms with Gasteiger partial charge in [-0.3, -0.25) is 0 Å². The first-order valence-corrected chi connectivity index (χ1v) is 8.64. The number of aryl methyl sites for hydroxylation is 1. The fraction of sp³-hybridized carbons (Fsp3) is 0.438. The van der Waals surface area contributed by atoms with E-state index in [0.29, 0.717) is 6.54 Å². The van der Waals surface area contributed by atoms with Gasteiger partial charge in [-0.1, -0.05) is 0 Å². The standard InChI is InChI=1S/C16H21N5OS/c1-12-5-6-14(23-12)10-19-16(22)20-13-4-2-9-21(11-13)15-17-7-3-8-18-15/h3,5-8,13H,2,4,9-11H2,1H3,(H2,19,20,22)/t13-/m0/s1. The molecule has 0 saturated carbocycles. The number of amides is 2. The highest BCUT2D eigenvalue weighted by Crippen LogP contribution is 2.16. The largest absolute Gasteiger partial charge is 0.339 e. The lowest BCUT2D eigenvalue weighted by Gasteiger charge is -2.33. The zero-order chi connectivity index (χ0) is 16.1. The van der Waals surface area contributed by atoms with E-state index >= 15 is 0 Å². The Hall–Kier alpha value is -2.15. The molecule has 23 heavy (non-hydrogen) atoms. The van der Waals surface area contributed by atoms with Crippen molar-refractivity contribution in [1.29, 1.82) is 0 Å². The van der Waals surface area contributed by atoms with Crippen molar-refractivity contribution in [2.75, 3.05) is 18.0 Å². The Labute approximate surface area is 140 Å². The number of urea groups is 1. The van der Waals surface area contributed by atoms with Crippen LogP contribution in [-0.4, -0.2) is 35.1 Å². The summed E-state index contributed by atoms with van der Waals surface area (Å²) in [7, 11) is 0. The summed E-state index contributed by atoms with van der Waals surface area (Å²) in [5, 5.41) is 5.98. The first-order valence-electron chi connectivity index (χ1n) is 7.82. The van der Waals surface area contributed by atoms with E-state index < -0.39 is 0 Å². The molecular weight excluding hydrogens is 310 g/mol.